The van der Waals surface area contributed by atoms with Crippen LogP contribution in [0.15, 0.2) is 18.2 Å². The van der Waals surface area contributed by atoms with E-state index >= 15 is 0 Å². The van der Waals surface area contributed by atoms with Gasteiger partial charge in [0.1, 0.15) is 5.60 Å². The number of carbonyl (C=O) groups is 2. The molecule has 25 heavy (non-hydrogen) atoms. The molecule has 0 saturated carbocycles. The van der Waals surface area contributed by atoms with Crippen LogP contribution in [0.5, 0.6) is 0 Å². The molecule has 0 unspecified atom stereocenters. The Morgan fingerprint density at radius 3 is 2.44 bits per heavy atom. The number of nitrogens with one attached hydrogen (secondary N) is 1. The van der Waals surface area contributed by atoms with E-state index in [1.807, 2.05) is 52.8 Å². The van der Waals surface area contributed by atoms with Crippen molar-refractivity contribution in [3.63, 3.8) is 0 Å². The van der Waals surface area contributed by atoms with Crippen molar-refractivity contribution in [3.8, 4) is 0 Å². The van der Waals surface area contributed by atoms with Crippen molar-refractivity contribution in [2.24, 2.45) is 0 Å². The largest absolute Gasteiger partial charge is 0.444 e. The molecular formula is C20H30N2O3. The SMILES string of the molecule is Cc1ccc(C)c(C(=O)CN2CCC(NC(=O)OC(C)(C)C)CC2)c1. The molecule has 0 aliphatic carbocycles. The maximum Gasteiger partial charge on any atom is 0.407 e. The molecule has 1 N–H and O–H groups in total. The second-order valence-electron chi connectivity index (χ2n) is 7.94. The van der Waals surface area contributed by atoms with E-state index in [0.29, 0.717) is 6.54 Å². The number of amides is 1. The molecule has 0 radical (unpaired) electrons. The third-order valence-electron chi connectivity index (χ3n) is 4.37. The maximum atomic E-state index is 12.6. The fourth-order valence-electron chi connectivity index (χ4n) is 3.03. The summed E-state index contributed by atoms with van der Waals surface area (Å²) in [5, 5.41) is 2.92. The van der Waals surface area contributed by atoms with Gasteiger partial charge in [-0.05, 0) is 59.1 Å². The average molecular weight is 346 g/mol. The first kappa shape index (κ1) is 19.4. The van der Waals surface area contributed by atoms with Crippen LogP contribution in [0.4, 0.5) is 4.79 Å². The predicted octanol–water partition coefficient (Wildman–Crippen LogP) is 3.48. The van der Waals surface area contributed by atoms with Gasteiger partial charge in [0, 0.05) is 24.7 Å². The summed E-state index contributed by atoms with van der Waals surface area (Å²) in [6.07, 6.45) is 1.30. The van der Waals surface area contributed by atoms with Crippen molar-refractivity contribution >= 4 is 11.9 Å². The number of piperidine rings is 1. The molecule has 0 bridgehead atoms. The van der Waals surface area contributed by atoms with E-state index in [-0.39, 0.29) is 17.9 Å². The van der Waals surface area contributed by atoms with Gasteiger partial charge in [-0.3, -0.25) is 9.69 Å². The highest BCUT2D eigenvalue weighted by Crippen LogP contribution is 2.15. The smallest absolute Gasteiger partial charge is 0.407 e. The molecule has 1 aliphatic heterocycles. The Bertz CT molecular complexity index is 626. The van der Waals surface area contributed by atoms with Crippen molar-refractivity contribution in [2.45, 2.75) is 59.1 Å². The molecule has 1 aliphatic rings. The molecule has 2 rings (SSSR count). The van der Waals surface area contributed by atoms with Gasteiger partial charge < -0.3 is 10.1 Å². The number of nitrogens with zero attached hydrogens (tertiary/aromatic N) is 1. The Hall–Kier alpha value is -1.88. The Labute approximate surface area is 150 Å². The minimum Gasteiger partial charge on any atom is -0.444 e. The summed E-state index contributed by atoms with van der Waals surface area (Å²) in [6, 6.07) is 6.11. The van der Waals surface area contributed by atoms with Crippen LogP contribution in [0.3, 0.4) is 0 Å². The minimum atomic E-state index is -0.483. The highest BCUT2D eigenvalue weighted by molar-refractivity contribution is 5.99. The van der Waals surface area contributed by atoms with E-state index in [0.717, 1.165) is 42.6 Å². The molecule has 1 fully saturated rings. The summed E-state index contributed by atoms with van der Waals surface area (Å²) >= 11 is 0. The van der Waals surface area contributed by atoms with Crippen LogP contribution in [0.2, 0.25) is 0 Å². The summed E-state index contributed by atoms with van der Waals surface area (Å²) in [7, 11) is 0. The zero-order valence-corrected chi connectivity index (χ0v) is 16.0. The molecule has 5 nitrogen and oxygen atoms in total. The second-order valence-corrected chi connectivity index (χ2v) is 7.94. The number of carbonyl (C=O) groups excluding carboxylic acids is 2. The van der Waals surface area contributed by atoms with Crippen LogP contribution in [-0.4, -0.2) is 48.1 Å². The summed E-state index contributed by atoms with van der Waals surface area (Å²) in [5.41, 5.74) is 2.46. The summed E-state index contributed by atoms with van der Waals surface area (Å²) < 4.78 is 5.30. The van der Waals surface area contributed by atoms with Crippen LogP contribution in [0.25, 0.3) is 0 Å². The number of hydrogen-bond donors (Lipinski definition) is 1. The Kier molecular flexibility index (Phi) is 6.22. The number of benzene rings is 1. The molecule has 1 amide bonds. The number of aryl methyl sites for hydroxylation is 2. The third kappa shape index (κ3) is 6.16. The number of likely N-dealkylation sites (tertiary alicyclic amines) is 1. The van der Waals surface area contributed by atoms with Gasteiger partial charge in [-0.25, -0.2) is 4.79 Å². The lowest BCUT2D eigenvalue weighted by atomic mass is 10.00. The molecule has 0 aromatic heterocycles. The van der Waals surface area contributed by atoms with Crippen LogP contribution in [-0.2, 0) is 4.74 Å². The lowest BCUT2D eigenvalue weighted by Gasteiger charge is -2.32. The Morgan fingerprint density at radius 2 is 1.84 bits per heavy atom. The van der Waals surface area contributed by atoms with E-state index < -0.39 is 5.60 Å². The summed E-state index contributed by atoms with van der Waals surface area (Å²) in [4.78, 5) is 26.6. The zero-order valence-electron chi connectivity index (χ0n) is 16.0. The standard InChI is InChI=1S/C20H30N2O3/c1-14-6-7-15(2)17(12-14)18(23)13-22-10-8-16(9-11-22)21-19(24)25-20(3,4)5/h6-7,12,16H,8-11,13H2,1-5H3,(H,21,24). The molecule has 5 heteroatoms. The van der Waals surface area contributed by atoms with Crippen LogP contribution in [0.1, 0.15) is 55.1 Å². The van der Waals surface area contributed by atoms with Crippen molar-refractivity contribution in [1.29, 1.82) is 0 Å². The van der Waals surface area contributed by atoms with Crippen molar-refractivity contribution in [1.82, 2.24) is 10.2 Å². The van der Waals surface area contributed by atoms with Gasteiger partial charge in [-0.15, -0.1) is 0 Å². The molecule has 1 aromatic rings. The maximum absolute atomic E-state index is 12.6. The number of ketones is 1. The lowest BCUT2D eigenvalue weighted by molar-refractivity contribution is 0.0476. The first-order valence-electron chi connectivity index (χ1n) is 8.96. The monoisotopic (exact) mass is 346 g/mol. The van der Waals surface area contributed by atoms with Crippen LogP contribution < -0.4 is 5.32 Å². The second kappa shape index (κ2) is 8.00. The van der Waals surface area contributed by atoms with E-state index in [2.05, 4.69) is 10.2 Å². The normalized spacial score (nSPS) is 16.5. The van der Waals surface area contributed by atoms with E-state index in [9.17, 15) is 9.59 Å². The lowest BCUT2D eigenvalue weighted by Crippen LogP contribution is -2.47. The first-order valence-corrected chi connectivity index (χ1v) is 8.96. The van der Waals surface area contributed by atoms with Gasteiger partial charge in [-0.1, -0.05) is 17.7 Å². The quantitative estimate of drug-likeness (QED) is 0.848. The van der Waals surface area contributed by atoms with Gasteiger partial charge in [-0.2, -0.15) is 0 Å². The van der Waals surface area contributed by atoms with Gasteiger partial charge in [0.15, 0.2) is 5.78 Å². The van der Waals surface area contributed by atoms with Crippen molar-refractivity contribution in [3.05, 3.63) is 34.9 Å². The van der Waals surface area contributed by atoms with E-state index in [4.69, 9.17) is 4.74 Å². The van der Waals surface area contributed by atoms with E-state index in [1.54, 1.807) is 0 Å². The molecule has 1 saturated heterocycles. The fourth-order valence-corrected chi connectivity index (χ4v) is 3.03. The fraction of sp³-hybridized carbons (Fsp3) is 0.600. The van der Waals surface area contributed by atoms with Gasteiger partial charge in [0.2, 0.25) is 0 Å². The average Bonchev–Trinajstić information content (AvgIpc) is 2.49. The number of alkyl carbamates (subject to hydrolysis) is 1. The summed E-state index contributed by atoms with van der Waals surface area (Å²) in [5.74, 6) is 0.166. The summed E-state index contributed by atoms with van der Waals surface area (Å²) in [6.45, 7) is 11.6. The first-order chi connectivity index (χ1) is 11.6. The molecule has 1 aromatic carbocycles. The third-order valence-corrected chi connectivity index (χ3v) is 4.37. The van der Waals surface area contributed by atoms with Crippen LogP contribution >= 0.6 is 0 Å². The van der Waals surface area contributed by atoms with Crippen molar-refractivity contribution < 1.29 is 14.3 Å². The van der Waals surface area contributed by atoms with Crippen LogP contribution in [0, 0.1) is 13.8 Å². The van der Waals surface area contributed by atoms with Gasteiger partial charge in [0.25, 0.3) is 0 Å². The van der Waals surface area contributed by atoms with E-state index in [1.165, 1.54) is 0 Å². The highest BCUT2D eigenvalue weighted by Gasteiger charge is 2.25. The number of hydrogen-bond acceptors (Lipinski definition) is 4. The minimum absolute atomic E-state index is 0.113. The molecular weight excluding hydrogens is 316 g/mol. The number of rotatable bonds is 4. The predicted molar refractivity (Wildman–Crippen MR) is 99.1 cm³/mol. The zero-order chi connectivity index (χ0) is 18.6. The van der Waals surface area contributed by atoms with Gasteiger partial charge >= 0.3 is 6.09 Å². The molecule has 1 heterocycles. The number of Topliss-reactive ketones (excluding diaryl/α,β-unsaturated/α-hetero) is 1. The van der Waals surface area contributed by atoms with Crippen molar-refractivity contribution in [2.75, 3.05) is 19.6 Å². The molecule has 138 valence electrons. The molecule has 0 spiro atoms. The Morgan fingerprint density at radius 1 is 1.20 bits per heavy atom. The topological polar surface area (TPSA) is 58.6 Å². The Balaban J connectivity index is 1.81. The number of ether oxygens (including phenoxy) is 1. The highest BCUT2D eigenvalue weighted by atomic mass is 16.6. The van der Waals surface area contributed by atoms with Gasteiger partial charge in [0.05, 0.1) is 6.54 Å². The molecule has 0 atom stereocenters.